The van der Waals surface area contributed by atoms with Crippen molar-refractivity contribution in [1.29, 1.82) is 0 Å². The van der Waals surface area contributed by atoms with Crippen molar-refractivity contribution < 1.29 is 8.42 Å². The van der Waals surface area contributed by atoms with E-state index in [0.717, 1.165) is 16.3 Å². The molecule has 3 nitrogen and oxygen atoms in total. The van der Waals surface area contributed by atoms with Gasteiger partial charge in [0.2, 0.25) is 10.0 Å². The van der Waals surface area contributed by atoms with Gasteiger partial charge in [0.05, 0.1) is 4.90 Å². The maximum atomic E-state index is 12.6. The van der Waals surface area contributed by atoms with Gasteiger partial charge in [-0.05, 0) is 47.5 Å². The average Bonchev–Trinajstić information content (AvgIpc) is 2.54. The maximum Gasteiger partial charge on any atom is 0.241 e. The molecule has 0 heterocycles. The number of nitrogens with one attached hydrogen (secondary N) is 1. The number of rotatable bonds is 4. The summed E-state index contributed by atoms with van der Waals surface area (Å²) >= 11 is 5.86. The number of fused-ring (bicyclic) bond motifs is 1. The first-order valence-corrected chi connectivity index (χ1v) is 9.08. The molecule has 3 rings (SSSR count). The Hall–Kier alpha value is -1.88. The summed E-state index contributed by atoms with van der Waals surface area (Å²) in [6.07, 6.45) is 0. The highest BCUT2D eigenvalue weighted by molar-refractivity contribution is 7.89. The lowest BCUT2D eigenvalue weighted by Crippen LogP contribution is -2.26. The first-order chi connectivity index (χ1) is 11.0. The summed E-state index contributed by atoms with van der Waals surface area (Å²) in [6, 6.07) is 19.6. The Balaban J connectivity index is 1.89. The highest BCUT2D eigenvalue weighted by atomic mass is 35.5. The Labute approximate surface area is 141 Å². The third-order valence-electron chi connectivity index (χ3n) is 3.73. The summed E-state index contributed by atoms with van der Waals surface area (Å²) in [5.41, 5.74) is 0.860. The molecule has 0 radical (unpaired) electrons. The molecule has 3 aromatic rings. The molecule has 1 unspecified atom stereocenters. The second-order valence-corrected chi connectivity index (χ2v) is 7.55. The van der Waals surface area contributed by atoms with Crippen molar-refractivity contribution in [2.75, 3.05) is 0 Å². The number of benzene rings is 3. The van der Waals surface area contributed by atoms with Crippen molar-refractivity contribution >= 4 is 32.4 Å². The van der Waals surface area contributed by atoms with E-state index in [2.05, 4.69) is 4.72 Å². The van der Waals surface area contributed by atoms with Gasteiger partial charge in [0, 0.05) is 11.1 Å². The molecule has 0 aliphatic carbocycles. The van der Waals surface area contributed by atoms with E-state index in [4.69, 9.17) is 11.6 Å². The van der Waals surface area contributed by atoms with E-state index in [1.807, 2.05) is 49.4 Å². The first kappa shape index (κ1) is 16.0. The maximum absolute atomic E-state index is 12.6. The van der Waals surface area contributed by atoms with E-state index >= 15 is 0 Å². The molecule has 0 bridgehead atoms. The highest BCUT2D eigenvalue weighted by Gasteiger charge is 2.18. The summed E-state index contributed by atoms with van der Waals surface area (Å²) in [4.78, 5) is 0.261. The molecule has 5 heteroatoms. The van der Waals surface area contributed by atoms with Gasteiger partial charge in [0.15, 0.2) is 0 Å². The van der Waals surface area contributed by atoms with Crippen LogP contribution in [0.25, 0.3) is 10.8 Å². The molecule has 1 N–H and O–H groups in total. The molecule has 0 amide bonds. The molecule has 118 valence electrons. The topological polar surface area (TPSA) is 46.2 Å². The van der Waals surface area contributed by atoms with Gasteiger partial charge in [-0.25, -0.2) is 13.1 Å². The zero-order chi connectivity index (χ0) is 16.4. The quantitative estimate of drug-likeness (QED) is 0.755. The summed E-state index contributed by atoms with van der Waals surface area (Å²) in [7, 11) is -3.59. The van der Waals surface area contributed by atoms with Crippen molar-refractivity contribution in [3.8, 4) is 0 Å². The van der Waals surface area contributed by atoms with Crippen LogP contribution in [-0.4, -0.2) is 8.42 Å². The van der Waals surface area contributed by atoms with E-state index in [1.54, 1.807) is 24.3 Å². The zero-order valence-electron chi connectivity index (χ0n) is 12.5. The van der Waals surface area contributed by atoms with Crippen molar-refractivity contribution in [2.45, 2.75) is 17.9 Å². The van der Waals surface area contributed by atoms with Crippen LogP contribution in [0, 0.1) is 0 Å². The monoisotopic (exact) mass is 345 g/mol. The number of halogens is 1. The Bertz CT molecular complexity index is 937. The number of hydrogen-bond acceptors (Lipinski definition) is 2. The Kier molecular flexibility index (Phi) is 4.39. The molecular formula is C18H16ClNO2S. The molecule has 23 heavy (non-hydrogen) atoms. The fraction of sp³-hybridized carbons (Fsp3) is 0.111. The third kappa shape index (κ3) is 3.55. The van der Waals surface area contributed by atoms with Gasteiger partial charge >= 0.3 is 0 Å². The lowest BCUT2D eigenvalue weighted by molar-refractivity contribution is 0.567. The second kappa shape index (κ2) is 6.32. The van der Waals surface area contributed by atoms with E-state index < -0.39 is 10.0 Å². The lowest BCUT2D eigenvalue weighted by atomic mass is 10.1. The van der Waals surface area contributed by atoms with Crippen LogP contribution < -0.4 is 4.72 Å². The lowest BCUT2D eigenvalue weighted by Gasteiger charge is -2.15. The van der Waals surface area contributed by atoms with Crippen LogP contribution in [0.2, 0.25) is 5.02 Å². The highest BCUT2D eigenvalue weighted by Crippen LogP contribution is 2.22. The van der Waals surface area contributed by atoms with Crippen LogP contribution in [0.3, 0.4) is 0 Å². The largest absolute Gasteiger partial charge is 0.241 e. The fourth-order valence-electron chi connectivity index (χ4n) is 2.45. The predicted molar refractivity (Wildman–Crippen MR) is 94.1 cm³/mol. The molecule has 1 atom stereocenters. The van der Waals surface area contributed by atoms with Gasteiger partial charge in [-0.1, -0.05) is 54.1 Å². The summed E-state index contributed by atoms with van der Waals surface area (Å²) in [5, 5.41) is 2.53. The molecule has 0 saturated carbocycles. The molecule has 0 saturated heterocycles. The number of hydrogen-bond donors (Lipinski definition) is 1. The normalized spacial score (nSPS) is 13.1. The SMILES string of the molecule is CC(NS(=O)(=O)c1ccc2ccccc2c1)c1ccc(Cl)cc1. The summed E-state index contributed by atoms with van der Waals surface area (Å²) in [6.45, 7) is 1.81. The zero-order valence-corrected chi connectivity index (χ0v) is 14.1. The first-order valence-electron chi connectivity index (χ1n) is 7.22. The smallest absolute Gasteiger partial charge is 0.207 e. The summed E-state index contributed by atoms with van der Waals surface area (Å²) in [5.74, 6) is 0. The Morgan fingerprint density at radius 3 is 2.26 bits per heavy atom. The molecule has 0 fully saturated rings. The fourth-order valence-corrected chi connectivity index (χ4v) is 3.85. The molecule has 0 spiro atoms. The van der Waals surface area contributed by atoms with Crippen LogP contribution in [0.1, 0.15) is 18.5 Å². The van der Waals surface area contributed by atoms with Gasteiger partial charge in [-0.15, -0.1) is 0 Å². The van der Waals surface area contributed by atoms with Crippen LogP contribution in [0.5, 0.6) is 0 Å². The molecule has 0 aliphatic heterocycles. The van der Waals surface area contributed by atoms with Gasteiger partial charge in [-0.2, -0.15) is 0 Å². The second-order valence-electron chi connectivity index (χ2n) is 5.40. The minimum absolute atomic E-state index is 0.261. The average molecular weight is 346 g/mol. The van der Waals surface area contributed by atoms with Gasteiger partial charge < -0.3 is 0 Å². The van der Waals surface area contributed by atoms with Crippen molar-refractivity contribution in [1.82, 2.24) is 4.72 Å². The Morgan fingerprint density at radius 1 is 0.913 bits per heavy atom. The summed E-state index contributed by atoms with van der Waals surface area (Å²) < 4.78 is 27.9. The van der Waals surface area contributed by atoms with E-state index in [0.29, 0.717) is 5.02 Å². The van der Waals surface area contributed by atoms with Crippen LogP contribution >= 0.6 is 11.6 Å². The standard InChI is InChI=1S/C18H16ClNO2S/c1-13(14-6-9-17(19)10-7-14)20-23(21,22)18-11-8-15-4-2-3-5-16(15)12-18/h2-13,20H,1H3. The van der Waals surface area contributed by atoms with Gasteiger partial charge in [0.25, 0.3) is 0 Å². The van der Waals surface area contributed by atoms with E-state index in [-0.39, 0.29) is 10.9 Å². The number of sulfonamides is 1. The van der Waals surface area contributed by atoms with E-state index in [9.17, 15) is 8.42 Å². The van der Waals surface area contributed by atoms with Crippen molar-refractivity contribution in [3.63, 3.8) is 0 Å². The molecule has 0 aromatic heterocycles. The van der Waals surface area contributed by atoms with E-state index in [1.165, 1.54) is 0 Å². The Morgan fingerprint density at radius 2 is 1.57 bits per heavy atom. The van der Waals surface area contributed by atoms with Crippen molar-refractivity contribution in [3.05, 3.63) is 77.3 Å². The third-order valence-corrected chi connectivity index (χ3v) is 5.52. The molecular weight excluding hydrogens is 330 g/mol. The van der Waals surface area contributed by atoms with Crippen LogP contribution in [0.4, 0.5) is 0 Å². The van der Waals surface area contributed by atoms with Crippen molar-refractivity contribution in [2.24, 2.45) is 0 Å². The molecule has 3 aromatic carbocycles. The predicted octanol–water partition coefficient (Wildman–Crippen LogP) is 4.53. The van der Waals surface area contributed by atoms with Gasteiger partial charge in [-0.3, -0.25) is 0 Å². The minimum atomic E-state index is -3.59. The van der Waals surface area contributed by atoms with Gasteiger partial charge in [0.1, 0.15) is 0 Å². The molecule has 0 aliphatic rings. The van der Waals surface area contributed by atoms with Crippen LogP contribution in [-0.2, 0) is 10.0 Å². The minimum Gasteiger partial charge on any atom is -0.207 e. The van der Waals surface area contributed by atoms with Crippen LogP contribution in [0.15, 0.2) is 71.6 Å².